The maximum atomic E-state index is 5.96. The third-order valence-corrected chi connectivity index (χ3v) is 4.12. The van der Waals surface area contributed by atoms with Gasteiger partial charge in [0.1, 0.15) is 0 Å². The fraction of sp³-hybridized carbons (Fsp3) is 0.500. The summed E-state index contributed by atoms with van der Waals surface area (Å²) in [4.78, 5) is 2.48. The van der Waals surface area contributed by atoms with Crippen LogP contribution in [0, 0.1) is 0 Å². The number of nitrogens with zero attached hydrogens (tertiary/aromatic N) is 2. The fourth-order valence-electron chi connectivity index (χ4n) is 2.75. The van der Waals surface area contributed by atoms with Crippen molar-refractivity contribution in [3.05, 3.63) is 28.9 Å². The van der Waals surface area contributed by atoms with Gasteiger partial charge in [0.2, 0.25) is 0 Å². The van der Waals surface area contributed by atoms with Crippen LogP contribution >= 0.6 is 11.6 Å². The first kappa shape index (κ1) is 12.0. The van der Waals surface area contributed by atoms with Crippen molar-refractivity contribution < 1.29 is 4.52 Å². The minimum absolute atomic E-state index is 0.523. The van der Waals surface area contributed by atoms with Crippen molar-refractivity contribution in [1.82, 2.24) is 10.1 Å². The SMILES string of the molecule is CCN1CCC(c2noc3cc(Cl)ccc23)CC1. The molecule has 96 valence electrons. The van der Waals surface area contributed by atoms with Crippen LogP contribution in [0.4, 0.5) is 0 Å². The van der Waals surface area contributed by atoms with E-state index in [0.717, 1.165) is 49.1 Å². The second kappa shape index (κ2) is 4.90. The highest BCUT2D eigenvalue weighted by atomic mass is 35.5. The summed E-state index contributed by atoms with van der Waals surface area (Å²) in [5, 5.41) is 6.08. The Balaban J connectivity index is 1.87. The first-order valence-corrected chi connectivity index (χ1v) is 6.93. The second-order valence-electron chi connectivity index (χ2n) is 4.92. The molecule has 0 spiro atoms. The lowest BCUT2D eigenvalue weighted by molar-refractivity contribution is 0.219. The molecule has 1 fully saturated rings. The number of hydrogen-bond acceptors (Lipinski definition) is 3. The van der Waals surface area contributed by atoms with Crippen LogP contribution in [-0.4, -0.2) is 29.7 Å². The van der Waals surface area contributed by atoms with Crippen LogP contribution in [0.2, 0.25) is 5.02 Å². The molecule has 1 aliphatic rings. The van der Waals surface area contributed by atoms with Gasteiger partial charge in [0.05, 0.1) is 5.69 Å². The molecule has 2 aromatic rings. The van der Waals surface area contributed by atoms with E-state index in [1.807, 2.05) is 18.2 Å². The van der Waals surface area contributed by atoms with Gasteiger partial charge in [0.25, 0.3) is 0 Å². The molecular formula is C14H17ClN2O. The average molecular weight is 265 g/mol. The number of benzene rings is 1. The lowest BCUT2D eigenvalue weighted by Gasteiger charge is -2.29. The summed E-state index contributed by atoms with van der Waals surface area (Å²) < 4.78 is 5.39. The summed E-state index contributed by atoms with van der Waals surface area (Å²) in [7, 11) is 0. The quantitative estimate of drug-likeness (QED) is 0.829. The van der Waals surface area contributed by atoms with Gasteiger partial charge in [-0.25, -0.2) is 0 Å². The van der Waals surface area contributed by atoms with Crippen molar-refractivity contribution in [3.8, 4) is 0 Å². The van der Waals surface area contributed by atoms with E-state index in [0.29, 0.717) is 10.9 Å². The molecule has 0 N–H and O–H groups in total. The van der Waals surface area contributed by atoms with E-state index < -0.39 is 0 Å². The average Bonchev–Trinajstić information content (AvgIpc) is 2.81. The van der Waals surface area contributed by atoms with Crippen molar-refractivity contribution in [2.75, 3.05) is 19.6 Å². The van der Waals surface area contributed by atoms with Gasteiger partial charge in [0, 0.05) is 22.4 Å². The standard InChI is InChI=1S/C14H17ClN2O/c1-2-17-7-5-10(6-8-17)14-12-4-3-11(15)9-13(12)18-16-14/h3-4,9-10H,2,5-8H2,1H3. The molecular weight excluding hydrogens is 248 g/mol. The highest BCUT2D eigenvalue weighted by Gasteiger charge is 2.24. The van der Waals surface area contributed by atoms with Crippen LogP contribution < -0.4 is 0 Å². The number of halogens is 1. The molecule has 18 heavy (non-hydrogen) atoms. The molecule has 1 aliphatic heterocycles. The van der Waals surface area contributed by atoms with E-state index in [4.69, 9.17) is 16.1 Å². The smallest absolute Gasteiger partial charge is 0.168 e. The van der Waals surface area contributed by atoms with Crippen molar-refractivity contribution in [3.63, 3.8) is 0 Å². The third kappa shape index (κ3) is 2.13. The third-order valence-electron chi connectivity index (χ3n) is 3.88. The van der Waals surface area contributed by atoms with Gasteiger partial charge >= 0.3 is 0 Å². The fourth-order valence-corrected chi connectivity index (χ4v) is 2.91. The molecule has 0 radical (unpaired) electrons. The number of likely N-dealkylation sites (tertiary alicyclic amines) is 1. The van der Waals surface area contributed by atoms with Crippen molar-refractivity contribution in [1.29, 1.82) is 0 Å². The summed E-state index contributed by atoms with van der Waals surface area (Å²) in [6.45, 7) is 5.67. The lowest BCUT2D eigenvalue weighted by Crippen LogP contribution is -2.32. The Kier molecular flexibility index (Phi) is 3.27. The minimum atomic E-state index is 0.523. The molecule has 1 saturated heterocycles. The Morgan fingerprint density at radius 1 is 1.39 bits per heavy atom. The molecule has 0 aliphatic carbocycles. The molecule has 0 unspecified atom stereocenters. The Morgan fingerprint density at radius 3 is 2.89 bits per heavy atom. The predicted octanol–water partition coefficient (Wildman–Crippen LogP) is 3.68. The van der Waals surface area contributed by atoms with Gasteiger partial charge < -0.3 is 9.42 Å². The van der Waals surface area contributed by atoms with Crippen LogP contribution in [-0.2, 0) is 0 Å². The summed E-state index contributed by atoms with van der Waals surface area (Å²) in [6.07, 6.45) is 2.33. The zero-order chi connectivity index (χ0) is 12.5. The van der Waals surface area contributed by atoms with E-state index in [2.05, 4.69) is 17.0 Å². The number of aromatic nitrogens is 1. The molecule has 0 saturated carbocycles. The van der Waals surface area contributed by atoms with Crippen LogP contribution in [0.15, 0.2) is 22.7 Å². The maximum absolute atomic E-state index is 5.96. The van der Waals surface area contributed by atoms with Crippen LogP contribution in [0.1, 0.15) is 31.4 Å². The number of hydrogen-bond donors (Lipinski definition) is 0. The Labute approximate surface area is 112 Å². The molecule has 3 rings (SSSR count). The summed E-state index contributed by atoms with van der Waals surface area (Å²) in [6, 6.07) is 5.77. The van der Waals surface area contributed by atoms with Crippen molar-refractivity contribution in [2.24, 2.45) is 0 Å². The van der Waals surface area contributed by atoms with Crippen LogP contribution in [0.25, 0.3) is 11.0 Å². The zero-order valence-electron chi connectivity index (χ0n) is 10.5. The van der Waals surface area contributed by atoms with Gasteiger partial charge in [-0.1, -0.05) is 23.7 Å². The van der Waals surface area contributed by atoms with Gasteiger partial charge in [-0.2, -0.15) is 0 Å². The number of fused-ring (bicyclic) bond motifs is 1. The molecule has 0 amide bonds. The number of piperidine rings is 1. The van der Waals surface area contributed by atoms with E-state index in [9.17, 15) is 0 Å². The highest BCUT2D eigenvalue weighted by Crippen LogP contribution is 2.33. The molecule has 2 heterocycles. The van der Waals surface area contributed by atoms with Crippen LogP contribution in [0.3, 0.4) is 0 Å². The molecule has 0 atom stereocenters. The Hall–Kier alpha value is -1.06. The summed E-state index contributed by atoms with van der Waals surface area (Å²) >= 11 is 5.96. The summed E-state index contributed by atoms with van der Waals surface area (Å²) in [5.74, 6) is 0.523. The van der Waals surface area contributed by atoms with Crippen molar-refractivity contribution >= 4 is 22.6 Å². The first-order valence-electron chi connectivity index (χ1n) is 6.55. The zero-order valence-corrected chi connectivity index (χ0v) is 11.3. The lowest BCUT2D eigenvalue weighted by atomic mass is 9.92. The Morgan fingerprint density at radius 2 is 2.17 bits per heavy atom. The van der Waals surface area contributed by atoms with E-state index >= 15 is 0 Å². The largest absolute Gasteiger partial charge is 0.356 e. The van der Waals surface area contributed by atoms with Crippen LogP contribution in [0.5, 0.6) is 0 Å². The second-order valence-corrected chi connectivity index (χ2v) is 5.35. The van der Waals surface area contributed by atoms with Gasteiger partial charge in [0.15, 0.2) is 5.58 Å². The highest BCUT2D eigenvalue weighted by molar-refractivity contribution is 6.31. The molecule has 1 aromatic heterocycles. The normalized spacial score (nSPS) is 18.6. The van der Waals surface area contributed by atoms with E-state index in [1.54, 1.807) is 0 Å². The molecule has 4 heteroatoms. The monoisotopic (exact) mass is 264 g/mol. The number of rotatable bonds is 2. The topological polar surface area (TPSA) is 29.3 Å². The van der Waals surface area contributed by atoms with Gasteiger partial charge in [-0.3, -0.25) is 0 Å². The summed E-state index contributed by atoms with van der Waals surface area (Å²) in [5.41, 5.74) is 1.91. The molecule has 0 bridgehead atoms. The van der Waals surface area contributed by atoms with Gasteiger partial charge in [-0.05, 0) is 44.6 Å². The van der Waals surface area contributed by atoms with Crippen molar-refractivity contribution in [2.45, 2.75) is 25.7 Å². The van der Waals surface area contributed by atoms with E-state index in [1.165, 1.54) is 0 Å². The van der Waals surface area contributed by atoms with Gasteiger partial charge in [-0.15, -0.1) is 0 Å². The molecule has 1 aromatic carbocycles. The predicted molar refractivity (Wildman–Crippen MR) is 73.1 cm³/mol. The Bertz CT molecular complexity index is 544. The van der Waals surface area contributed by atoms with E-state index in [-0.39, 0.29) is 0 Å². The first-order chi connectivity index (χ1) is 8.78. The molecule has 3 nitrogen and oxygen atoms in total. The maximum Gasteiger partial charge on any atom is 0.168 e. The minimum Gasteiger partial charge on any atom is -0.356 e.